The Hall–Kier alpha value is -0.960. The van der Waals surface area contributed by atoms with Crippen LogP contribution in [0.25, 0.3) is 0 Å². The number of carbonyl (C=O) groups is 1. The van der Waals surface area contributed by atoms with E-state index in [-0.39, 0.29) is 15.6 Å². The third kappa shape index (κ3) is 3.53. The Morgan fingerprint density at radius 2 is 2.11 bits per heavy atom. The molecule has 8 nitrogen and oxygen atoms in total. The molecule has 13 heteroatoms. The molecule has 0 radical (unpaired) electrons. The molecule has 5 N–H and O–H groups in total. The van der Waals surface area contributed by atoms with E-state index < -0.39 is 40.4 Å². The molecule has 0 spiro atoms. The molecular weight excluding hydrogens is 501 g/mol. The highest BCUT2D eigenvalue weighted by Gasteiger charge is 2.63. The van der Waals surface area contributed by atoms with Crippen LogP contribution in [0.2, 0.25) is 5.02 Å². The van der Waals surface area contributed by atoms with Crippen molar-refractivity contribution in [3.8, 4) is 0 Å². The Morgan fingerprint density at radius 1 is 1.43 bits per heavy atom. The summed E-state index contributed by atoms with van der Waals surface area (Å²) in [6.45, 7) is 0. The van der Waals surface area contributed by atoms with Gasteiger partial charge in [-0.15, -0.1) is 11.3 Å². The maximum absolute atomic E-state index is 13.3. The van der Waals surface area contributed by atoms with Gasteiger partial charge in [0.1, 0.15) is 5.82 Å². The quantitative estimate of drug-likeness (QED) is 0.422. The summed E-state index contributed by atoms with van der Waals surface area (Å²) in [5.41, 5.74) is -5.17. The average molecular weight is 515 g/mol. The molecule has 1 aromatic heterocycles. The zero-order chi connectivity index (χ0) is 20.9. The molecule has 28 heavy (non-hydrogen) atoms. The van der Waals surface area contributed by atoms with Gasteiger partial charge >= 0.3 is 0 Å². The van der Waals surface area contributed by atoms with Gasteiger partial charge in [0.25, 0.3) is 5.91 Å². The number of rotatable bonds is 3. The van der Waals surface area contributed by atoms with E-state index in [0.717, 1.165) is 30.5 Å². The normalized spacial score (nSPS) is 31.0. The predicted octanol–water partition coefficient (Wildman–Crippen LogP) is 1.25. The molecule has 0 bridgehead atoms. The number of amides is 1. The molecule has 2 aromatic rings. The number of aliphatic hydroxyl groups is 3. The van der Waals surface area contributed by atoms with Crippen LogP contribution in [0, 0.1) is 5.82 Å². The van der Waals surface area contributed by atoms with E-state index in [2.05, 4.69) is 26.0 Å². The molecule has 152 valence electrons. The minimum Gasteiger partial charge on any atom is -0.383 e. The molecule has 1 aliphatic heterocycles. The molecule has 1 saturated heterocycles. The van der Waals surface area contributed by atoms with Gasteiger partial charge in [0, 0.05) is 12.7 Å². The predicted molar refractivity (Wildman–Crippen MR) is 106 cm³/mol. The molecule has 1 aliphatic rings. The average Bonchev–Trinajstić information content (AvgIpc) is 3.08. The first-order valence-electron chi connectivity index (χ1n) is 7.58. The Bertz CT molecular complexity index is 966. The number of anilines is 1. The second-order valence-electron chi connectivity index (χ2n) is 5.93. The number of benzene rings is 1. The molecular formula is C15H14BrClFN3O5S2. The van der Waals surface area contributed by atoms with Crippen molar-refractivity contribution in [3.05, 3.63) is 49.8 Å². The molecule has 2 heterocycles. The first-order valence-corrected chi connectivity index (χ1v) is 10.7. The minimum absolute atomic E-state index is 0.0251. The zero-order valence-electron chi connectivity index (χ0n) is 14.0. The van der Waals surface area contributed by atoms with E-state index in [1.54, 1.807) is 6.07 Å². The summed E-state index contributed by atoms with van der Waals surface area (Å²) in [4.78, 5) is 12.9. The number of aliphatic hydroxyl groups excluding tert-OH is 1. The lowest BCUT2D eigenvalue weighted by Gasteiger charge is -2.48. The summed E-state index contributed by atoms with van der Waals surface area (Å²) in [5.74, 6) is -1.91. The van der Waals surface area contributed by atoms with Gasteiger partial charge in [-0.25, -0.2) is 8.60 Å². The van der Waals surface area contributed by atoms with Crippen molar-refractivity contribution in [2.45, 2.75) is 17.6 Å². The van der Waals surface area contributed by atoms with Crippen LogP contribution in [0.3, 0.4) is 0 Å². The van der Waals surface area contributed by atoms with E-state index in [4.69, 9.17) is 11.6 Å². The monoisotopic (exact) mass is 513 g/mol. The fraction of sp³-hybridized carbons (Fsp3) is 0.267. The van der Waals surface area contributed by atoms with Gasteiger partial charge in [-0.2, -0.15) is 9.03 Å². The van der Waals surface area contributed by atoms with Gasteiger partial charge in [-0.05, 0) is 46.3 Å². The second kappa shape index (κ2) is 7.70. The molecule has 4 unspecified atom stereocenters. The third-order valence-electron chi connectivity index (χ3n) is 4.21. The van der Waals surface area contributed by atoms with Crippen molar-refractivity contribution in [1.29, 1.82) is 0 Å². The van der Waals surface area contributed by atoms with Gasteiger partial charge in [0.2, 0.25) is 5.72 Å². The van der Waals surface area contributed by atoms with Crippen molar-refractivity contribution in [2.24, 2.45) is 0 Å². The van der Waals surface area contributed by atoms with Crippen LogP contribution in [0.15, 0.2) is 34.1 Å². The van der Waals surface area contributed by atoms with Crippen molar-refractivity contribution in [3.63, 3.8) is 0 Å². The van der Waals surface area contributed by atoms with Crippen LogP contribution in [0.1, 0.15) is 4.88 Å². The van der Waals surface area contributed by atoms with Crippen LogP contribution in [0.4, 0.5) is 10.1 Å². The third-order valence-corrected chi connectivity index (χ3v) is 7.51. The highest BCUT2D eigenvalue weighted by molar-refractivity contribution is 9.11. The van der Waals surface area contributed by atoms with Crippen LogP contribution < -0.4 is 10.0 Å². The lowest BCUT2D eigenvalue weighted by molar-refractivity contribution is -0.221. The number of halogens is 3. The Labute approximate surface area is 178 Å². The van der Waals surface area contributed by atoms with Crippen molar-refractivity contribution >= 4 is 61.6 Å². The lowest BCUT2D eigenvalue weighted by Crippen LogP contribution is -2.77. The smallest absolute Gasteiger partial charge is 0.275 e. The summed E-state index contributed by atoms with van der Waals surface area (Å²) in [6.07, 6.45) is -2.15. The highest BCUT2D eigenvalue weighted by atomic mass is 79.9. The van der Waals surface area contributed by atoms with E-state index in [9.17, 15) is 28.7 Å². The Kier molecular flexibility index (Phi) is 5.98. The Balaban J connectivity index is 1.99. The molecule has 0 saturated carbocycles. The minimum atomic E-state index is -2.80. The van der Waals surface area contributed by atoms with E-state index >= 15 is 0 Å². The topological polar surface area (TPSA) is 122 Å². The second-order valence-corrected chi connectivity index (χ2v) is 10.1. The van der Waals surface area contributed by atoms with Gasteiger partial charge in [-0.3, -0.25) is 4.79 Å². The first-order chi connectivity index (χ1) is 13.0. The van der Waals surface area contributed by atoms with Crippen molar-refractivity contribution in [1.82, 2.24) is 9.03 Å². The standard InChI is InChI=1S/C15H14BrClFN3O5S2/c1-21-15(25,13(23)19-7-2-3-9(18)8(17)6-7)12(22)14(24,20-28(21)26)10-4-5-11(16)27-10/h2-6,12,20,22,24-25H,1H3,(H,19,23). The lowest BCUT2D eigenvalue weighted by atomic mass is 9.94. The van der Waals surface area contributed by atoms with Gasteiger partial charge in [-0.1, -0.05) is 11.6 Å². The van der Waals surface area contributed by atoms with E-state index in [1.165, 1.54) is 12.1 Å². The summed E-state index contributed by atoms with van der Waals surface area (Å²) in [6, 6.07) is 6.31. The number of hydrogen-bond donors (Lipinski definition) is 5. The first kappa shape index (κ1) is 21.7. The number of hydrogen-bond acceptors (Lipinski definition) is 6. The maximum atomic E-state index is 13.3. The largest absolute Gasteiger partial charge is 0.383 e. The number of nitrogens with one attached hydrogen (secondary N) is 2. The number of likely N-dealkylation sites (N-methyl/N-ethyl adjacent to an activating group) is 1. The van der Waals surface area contributed by atoms with Gasteiger partial charge in [0.05, 0.1) is 13.7 Å². The molecule has 1 aromatic carbocycles. The fourth-order valence-corrected chi connectivity index (χ4v) is 5.38. The van der Waals surface area contributed by atoms with Crippen molar-refractivity contribution < 1.29 is 28.7 Å². The summed E-state index contributed by atoms with van der Waals surface area (Å²) >= 11 is 7.64. The molecule has 1 amide bonds. The van der Waals surface area contributed by atoms with Crippen LogP contribution >= 0.6 is 38.9 Å². The van der Waals surface area contributed by atoms with Gasteiger partial charge < -0.3 is 20.6 Å². The van der Waals surface area contributed by atoms with Crippen LogP contribution in [-0.4, -0.2) is 48.6 Å². The highest BCUT2D eigenvalue weighted by Crippen LogP contribution is 2.40. The van der Waals surface area contributed by atoms with Crippen LogP contribution in [-0.2, 0) is 21.7 Å². The summed E-state index contributed by atoms with van der Waals surface area (Å²) in [7, 11) is 1.12. The van der Waals surface area contributed by atoms with E-state index in [1.807, 2.05) is 0 Å². The summed E-state index contributed by atoms with van der Waals surface area (Å²) in [5, 5.41) is 34.7. The van der Waals surface area contributed by atoms with Crippen LogP contribution in [0.5, 0.6) is 0 Å². The summed E-state index contributed by atoms with van der Waals surface area (Å²) < 4.78 is 29.3. The SMILES string of the molecule is CN1S(=O)NC(O)(c2ccc(Br)s2)C(O)C1(O)C(=O)Nc1ccc(F)c(Cl)c1. The number of carbonyl (C=O) groups excluding carboxylic acids is 1. The maximum Gasteiger partial charge on any atom is 0.275 e. The number of thiophene rings is 1. The van der Waals surface area contributed by atoms with Gasteiger partial charge in [0.15, 0.2) is 23.0 Å². The molecule has 1 fully saturated rings. The molecule has 0 aliphatic carbocycles. The zero-order valence-corrected chi connectivity index (χ0v) is 18.0. The molecule has 3 rings (SSSR count). The van der Waals surface area contributed by atoms with Crippen molar-refractivity contribution in [2.75, 3.05) is 12.4 Å². The van der Waals surface area contributed by atoms with E-state index in [0.29, 0.717) is 8.09 Å². The molecule has 4 atom stereocenters. The number of nitrogens with zero attached hydrogens (tertiary/aromatic N) is 1. The fourth-order valence-electron chi connectivity index (χ4n) is 2.62. The Morgan fingerprint density at radius 3 is 2.68 bits per heavy atom.